The predicted octanol–water partition coefficient (Wildman–Crippen LogP) is 0.248. The van der Waals surface area contributed by atoms with Crippen molar-refractivity contribution in [2.75, 3.05) is 7.11 Å². The largest absolute Gasteiger partial charge is 0.465 e. The number of methoxy groups -OCH3 is 1. The second kappa shape index (κ2) is 2.99. The van der Waals surface area contributed by atoms with E-state index in [-0.39, 0.29) is 21.5 Å². The Labute approximate surface area is 78.2 Å². The summed E-state index contributed by atoms with van der Waals surface area (Å²) in [5.74, 6) is -0.551. The van der Waals surface area contributed by atoms with Gasteiger partial charge in [-0.25, -0.2) is 4.79 Å². The number of nitrogens with zero attached hydrogens (tertiary/aromatic N) is 2. The highest BCUT2D eigenvalue weighted by Gasteiger charge is 2.19. The van der Waals surface area contributed by atoms with Crippen LogP contribution < -0.4 is 4.90 Å². The highest BCUT2D eigenvalue weighted by molar-refractivity contribution is 6.00. The molecule has 1 heterocycles. The summed E-state index contributed by atoms with van der Waals surface area (Å²) in [6, 6.07) is 4.57. The van der Waals surface area contributed by atoms with Gasteiger partial charge in [0.05, 0.1) is 7.11 Å². The van der Waals surface area contributed by atoms with E-state index in [1.807, 2.05) is 0 Å². The molecule has 0 N–H and O–H groups in total. The lowest BCUT2D eigenvalue weighted by Crippen LogP contribution is -2.22. The minimum atomic E-state index is -0.551. The molecule has 0 fully saturated rings. The SMILES string of the molecule is COC(=O)c1cccc2c1no[n+]2[O-]. The van der Waals surface area contributed by atoms with E-state index < -0.39 is 5.97 Å². The molecule has 0 saturated carbocycles. The number of carbonyl (C=O) groups is 1. The van der Waals surface area contributed by atoms with E-state index in [2.05, 4.69) is 14.5 Å². The van der Waals surface area contributed by atoms with Crippen molar-refractivity contribution in [3.63, 3.8) is 0 Å². The van der Waals surface area contributed by atoms with Crippen LogP contribution in [0.4, 0.5) is 0 Å². The summed E-state index contributed by atoms with van der Waals surface area (Å²) >= 11 is 0. The zero-order valence-corrected chi connectivity index (χ0v) is 7.26. The van der Waals surface area contributed by atoms with Crippen LogP contribution in [0.5, 0.6) is 0 Å². The molecule has 0 radical (unpaired) electrons. The Bertz CT molecular complexity index is 491. The fourth-order valence-electron chi connectivity index (χ4n) is 1.17. The van der Waals surface area contributed by atoms with E-state index >= 15 is 0 Å². The van der Waals surface area contributed by atoms with Gasteiger partial charge >= 0.3 is 5.97 Å². The van der Waals surface area contributed by atoms with Crippen molar-refractivity contribution in [1.29, 1.82) is 0 Å². The Morgan fingerprint density at radius 2 is 2.43 bits per heavy atom. The first-order valence-electron chi connectivity index (χ1n) is 3.81. The standard InChI is InChI=1S/C8H6N2O4/c1-13-8(11)5-3-2-4-6-7(5)9-14-10(6)12/h2-4H,1H3. The molecule has 0 atom stereocenters. The van der Waals surface area contributed by atoms with Gasteiger partial charge in [0.25, 0.3) is 5.52 Å². The van der Waals surface area contributed by atoms with E-state index in [1.54, 1.807) is 6.07 Å². The van der Waals surface area contributed by atoms with Gasteiger partial charge in [0.2, 0.25) is 5.52 Å². The molecule has 6 nitrogen and oxygen atoms in total. The Kier molecular flexibility index (Phi) is 1.81. The smallest absolute Gasteiger partial charge is 0.342 e. The highest BCUT2D eigenvalue weighted by atomic mass is 16.8. The monoisotopic (exact) mass is 194 g/mol. The van der Waals surface area contributed by atoms with Crippen molar-refractivity contribution in [3.8, 4) is 0 Å². The van der Waals surface area contributed by atoms with Crippen LogP contribution in [0.1, 0.15) is 10.4 Å². The molecule has 0 aliphatic carbocycles. The lowest BCUT2D eigenvalue weighted by Gasteiger charge is -1.95. The summed E-state index contributed by atoms with van der Waals surface area (Å²) in [5, 5.41) is 14.4. The van der Waals surface area contributed by atoms with Crippen molar-refractivity contribution >= 4 is 17.0 Å². The van der Waals surface area contributed by atoms with Gasteiger partial charge in [-0.1, -0.05) is 6.07 Å². The fraction of sp³-hybridized carbons (Fsp3) is 0.125. The minimum absolute atomic E-state index is 0.202. The van der Waals surface area contributed by atoms with Gasteiger partial charge in [0, 0.05) is 5.16 Å². The van der Waals surface area contributed by atoms with Crippen LogP contribution in [0.3, 0.4) is 0 Å². The van der Waals surface area contributed by atoms with Crippen LogP contribution in [0.25, 0.3) is 11.0 Å². The molecule has 72 valence electrons. The van der Waals surface area contributed by atoms with Crippen molar-refractivity contribution < 1.29 is 19.1 Å². The summed E-state index contributed by atoms with van der Waals surface area (Å²) < 4.78 is 8.88. The van der Waals surface area contributed by atoms with Gasteiger partial charge in [-0.3, -0.25) is 4.63 Å². The lowest BCUT2D eigenvalue weighted by atomic mass is 10.2. The van der Waals surface area contributed by atoms with E-state index in [1.165, 1.54) is 19.2 Å². The average molecular weight is 194 g/mol. The first-order chi connectivity index (χ1) is 6.74. The molecule has 0 spiro atoms. The first-order valence-corrected chi connectivity index (χ1v) is 3.81. The van der Waals surface area contributed by atoms with Crippen LogP contribution in [0.2, 0.25) is 0 Å². The quantitative estimate of drug-likeness (QED) is 0.480. The number of hydrogen-bond donors (Lipinski definition) is 0. The number of rotatable bonds is 1. The van der Waals surface area contributed by atoms with Crippen LogP contribution >= 0.6 is 0 Å². The third kappa shape index (κ3) is 1.08. The molecule has 2 rings (SSSR count). The normalized spacial score (nSPS) is 10.4. The summed E-state index contributed by atoms with van der Waals surface area (Å²) in [7, 11) is 1.26. The maximum atomic E-state index is 11.2. The first kappa shape index (κ1) is 8.49. The number of hydrogen-bond acceptors (Lipinski definition) is 5. The molecule has 1 aromatic heterocycles. The Hall–Kier alpha value is -2.11. The Balaban J connectivity index is 2.71. The van der Waals surface area contributed by atoms with Gasteiger partial charge in [-0.05, 0) is 17.0 Å². The molecule has 0 saturated heterocycles. The molecule has 0 unspecified atom stereocenters. The zero-order chi connectivity index (χ0) is 10.1. The maximum Gasteiger partial charge on any atom is 0.342 e. The van der Waals surface area contributed by atoms with E-state index in [9.17, 15) is 10.0 Å². The second-order valence-corrected chi connectivity index (χ2v) is 2.59. The lowest BCUT2D eigenvalue weighted by molar-refractivity contribution is -0.782. The summed E-state index contributed by atoms with van der Waals surface area (Å²) in [6.07, 6.45) is 0. The number of fused-ring (bicyclic) bond motifs is 1. The molecule has 0 bridgehead atoms. The van der Waals surface area contributed by atoms with Crippen molar-refractivity contribution in [3.05, 3.63) is 29.0 Å². The van der Waals surface area contributed by atoms with Gasteiger partial charge in [-0.2, -0.15) is 0 Å². The van der Waals surface area contributed by atoms with Gasteiger partial charge in [-0.15, -0.1) is 0 Å². The van der Waals surface area contributed by atoms with Crippen LogP contribution in [0, 0.1) is 5.21 Å². The number of esters is 1. The van der Waals surface area contributed by atoms with Crippen LogP contribution in [-0.2, 0) is 4.74 Å². The Morgan fingerprint density at radius 1 is 1.64 bits per heavy atom. The summed E-state index contributed by atoms with van der Waals surface area (Å²) in [4.78, 5) is 11.5. The molecule has 14 heavy (non-hydrogen) atoms. The van der Waals surface area contributed by atoms with E-state index in [0.717, 1.165) is 0 Å². The second-order valence-electron chi connectivity index (χ2n) is 2.59. The molecular weight excluding hydrogens is 188 g/mol. The Morgan fingerprint density at radius 3 is 3.14 bits per heavy atom. The van der Waals surface area contributed by atoms with Crippen LogP contribution in [0.15, 0.2) is 22.8 Å². The molecule has 0 aliphatic rings. The average Bonchev–Trinajstić information content (AvgIpc) is 2.59. The van der Waals surface area contributed by atoms with Crippen molar-refractivity contribution in [2.45, 2.75) is 0 Å². The van der Waals surface area contributed by atoms with E-state index in [4.69, 9.17) is 0 Å². The van der Waals surface area contributed by atoms with E-state index in [0.29, 0.717) is 0 Å². The topological polar surface area (TPSA) is 79.3 Å². The molecule has 6 heteroatoms. The van der Waals surface area contributed by atoms with Gasteiger partial charge < -0.3 is 9.94 Å². The molecule has 0 aliphatic heterocycles. The molecular formula is C8H6N2O4. The van der Waals surface area contributed by atoms with Crippen molar-refractivity contribution in [1.82, 2.24) is 5.16 Å². The maximum absolute atomic E-state index is 11.2. The zero-order valence-electron chi connectivity index (χ0n) is 7.26. The highest BCUT2D eigenvalue weighted by Crippen LogP contribution is 2.13. The summed E-state index contributed by atoms with van der Waals surface area (Å²) in [5.41, 5.74) is 0.616. The third-order valence-electron chi connectivity index (χ3n) is 1.82. The van der Waals surface area contributed by atoms with Crippen LogP contribution in [-0.4, -0.2) is 18.2 Å². The number of aromatic nitrogens is 2. The fourth-order valence-corrected chi connectivity index (χ4v) is 1.17. The number of ether oxygens (including phenoxy) is 1. The molecule has 0 amide bonds. The number of benzene rings is 1. The summed E-state index contributed by atoms with van der Waals surface area (Å²) in [6.45, 7) is 0. The van der Waals surface area contributed by atoms with Gasteiger partial charge in [0.15, 0.2) is 0 Å². The third-order valence-corrected chi connectivity index (χ3v) is 1.82. The molecule has 2 aromatic rings. The van der Waals surface area contributed by atoms with Crippen molar-refractivity contribution in [2.24, 2.45) is 0 Å². The number of carbonyl (C=O) groups excluding carboxylic acids is 1. The molecule has 1 aromatic carbocycles. The van der Waals surface area contributed by atoms with Gasteiger partial charge in [0.1, 0.15) is 5.56 Å². The predicted molar refractivity (Wildman–Crippen MR) is 44.3 cm³/mol. The minimum Gasteiger partial charge on any atom is -0.465 e.